The largest absolute Gasteiger partial charge is 0.416 e. The summed E-state index contributed by atoms with van der Waals surface area (Å²) in [7, 11) is 0. The van der Waals surface area contributed by atoms with Gasteiger partial charge in [0.05, 0.1) is 16.3 Å². The number of piperidine rings is 1. The van der Waals surface area contributed by atoms with Crippen LogP contribution in [0.25, 0.3) is 0 Å². The van der Waals surface area contributed by atoms with Gasteiger partial charge in [-0.05, 0) is 37.1 Å². The third-order valence-corrected chi connectivity index (χ3v) is 4.31. The number of halogens is 4. The molecule has 1 aromatic carbocycles. The highest BCUT2D eigenvalue weighted by Gasteiger charge is 2.32. The number of alkyl halides is 3. The monoisotopic (exact) mass is 320 g/mol. The van der Waals surface area contributed by atoms with Crippen molar-refractivity contribution >= 4 is 17.3 Å². The lowest BCUT2D eigenvalue weighted by atomic mass is 9.93. The normalized spacial score (nSPS) is 23.4. The van der Waals surface area contributed by atoms with E-state index >= 15 is 0 Å². The van der Waals surface area contributed by atoms with E-state index in [1.54, 1.807) is 0 Å². The van der Waals surface area contributed by atoms with Gasteiger partial charge in [0.15, 0.2) is 0 Å². The maximum Gasteiger partial charge on any atom is 0.416 e. The summed E-state index contributed by atoms with van der Waals surface area (Å²) in [5.74, 6) is 0.365. The van der Waals surface area contributed by atoms with Crippen LogP contribution in [0.3, 0.4) is 0 Å². The van der Waals surface area contributed by atoms with Crippen LogP contribution in [0.2, 0.25) is 5.02 Å². The summed E-state index contributed by atoms with van der Waals surface area (Å²) in [5.41, 5.74) is -0.170. The summed E-state index contributed by atoms with van der Waals surface area (Å²) < 4.78 is 38.5. The molecule has 0 spiro atoms. The number of rotatable bonds is 3. The van der Waals surface area contributed by atoms with Crippen LogP contribution >= 0.6 is 11.6 Å². The topological polar surface area (TPSA) is 15.3 Å². The van der Waals surface area contributed by atoms with Gasteiger partial charge >= 0.3 is 6.18 Å². The van der Waals surface area contributed by atoms with Gasteiger partial charge in [-0.15, -0.1) is 0 Å². The molecule has 1 N–H and O–H groups in total. The van der Waals surface area contributed by atoms with E-state index in [4.69, 9.17) is 11.6 Å². The molecular formula is C15H20ClF3N2. The molecule has 0 aromatic heterocycles. The van der Waals surface area contributed by atoms with Crippen LogP contribution in [0.4, 0.5) is 18.9 Å². The van der Waals surface area contributed by atoms with E-state index < -0.39 is 11.7 Å². The van der Waals surface area contributed by atoms with Crippen LogP contribution < -0.4 is 10.2 Å². The van der Waals surface area contributed by atoms with E-state index in [1.165, 1.54) is 6.07 Å². The van der Waals surface area contributed by atoms with Gasteiger partial charge < -0.3 is 10.2 Å². The van der Waals surface area contributed by atoms with E-state index in [9.17, 15) is 13.2 Å². The maximum atomic E-state index is 12.8. The second-order valence-corrected chi connectivity index (χ2v) is 5.95. The molecule has 1 aliphatic rings. The Hall–Kier alpha value is -0.940. The molecule has 2 rings (SSSR count). The third-order valence-electron chi connectivity index (χ3n) is 3.99. The van der Waals surface area contributed by atoms with Gasteiger partial charge in [-0.2, -0.15) is 13.2 Å². The Balaban J connectivity index is 2.19. The summed E-state index contributed by atoms with van der Waals surface area (Å²) in [6.45, 7) is 6.49. The first-order valence-corrected chi connectivity index (χ1v) is 7.55. The molecule has 0 aliphatic carbocycles. The van der Waals surface area contributed by atoms with Crippen LogP contribution in [-0.4, -0.2) is 25.7 Å². The van der Waals surface area contributed by atoms with E-state index in [0.717, 1.165) is 25.1 Å². The van der Waals surface area contributed by atoms with Crippen molar-refractivity contribution in [3.8, 4) is 0 Å². The van der Waals surface area contributed by atoms with Gasteiger partial charge in [0, 0.05) is 19.1 Å². The van der Waals surface area contributed by atoms with Crippen LogP contribution in [0, 0.1) is 5.92 Å². The molecule has 2 nitrogen and oxygen atoms in total. The van der Waals surface area contributed by atoms with Gasteiger partial charge in [0.2, 0.25) is 0 Å². The molecule has 0 saturated carbocycles. The molecule has 1 saturated heterocycles. The number of hydrogen-bond acceptors (Lipinski definition) is 2. The Bertz CT molecular complexity index is 490. The Kier molecular flexibility index (Phi) is 5.04. The van der Waals surface area contributed by atoms with Crippen molar-refractivity contribution in [2.24, 2.45) is 5.92 Å². The molecule has 21 heavy (non-hydrogen) atoms. The minimum Gasteiger partial charge on any atom is -0.370 e. The number of benzene rings is 1. The van der Waals surface area contributed by atoms with Gasteiger partial charge in [0.25, 0.3) is 0 Å². The Morgan fingerprint density at radius 1 is 1.38 bits per heavy atom. The first kappa shape index (κ1) is 16.4. The Labute approximate surface area is 128 Å². The number of hydrogen-bond donors (Lipinski definition) is 1. The van der Waals surface area contributed by atoms with E-state index in [1.807, 2.05) is 4.90 Å². The first-order valence-electron chi connectivity index (χ1n) is 7.18. The molecule has 1 fully saturated rings. The lowest BCUT2D eigenvalue weighted by molar-refractivity contribution is -0.137. The van der Waals surface area contributed by atoms with Gasteiger partial charge in [0.1, 0.15) is 0 Å². The fourth-order valence-electron chi connectivity index (χ4n) is 2.86. The average molecular weight is 321 g/mol. The molecule has 0 amide bonds. The first-order chi connectivity index (χ1) is 9.82. The van der Waals surface area contributed by atoms with Crippen LogP contribution in [0.1, 0.15) is 25.8 Å². The van der Waals surface area contributed by atoms with Crippen LogP contribution in [-0.2, 0) is 6.18 Å². The zero-order valence-electron chi connectivity index (χ0n) is 12.2. The fourth-order valence-corrected chi connectivity index (χ4v) is 3.10. The molecule has 0 bridgehead atoms. The number of nitrogens with one attached hydrogen (secondary N) is 1. The molecule has 1 aliphatic heterocycles. The highest BCUT2D eigenvalue weighted by Crippen LogP contribution is 2.36. The van der Waals surface area contributed by atoms with Crippen molar-refractivity contribution in [2.45, 2.75) is 32.5 Å². The molecule has 1 aromatic rings. The van der Waals surface area contributed by atoms with Crippen LogP contribution in [0.5, 0.6) is 0 Å². The van der Waals surface area contributed by atoms with Crippen molar-refractivity contribution in [2.75, 3.05) is 24.5 Å². The van der Waals surface area contributed by atoms with E-state index in [0.29, 0.717) is 35.8 Å². The highest BCUT2D eigenvalue weighted by atomic mass is 35.5. The molecule has 0 radical (unpaired) electrons. The maximum absolute atomic E-state index is 12.8. The lowest BCUT2D eigenvalue weighted by Gasteiger charge is -2.39. The summed E-state index contributed by atoms with van der Waals surface area (Å²) in [6, 6.07) is 3.93. The minimum atomic E-state index is -4.34. The van der Waals surface area contributed by atoms with Crippen molar-refractivity contribution in [1.82, 2.24) is 5.32 Å². The Morgan fingerprint density at radius 3 is 2.67 bits per heavy atom. The highest BCUT2D eigenvalue weighted by molar-refractivity contribution is 6.33. The van der Waals surface area contributed by atoms with E-state index in [-0.39, 0.29) is 0 Å². The smallest absolute Gasteiger partial charge is 0.370 e. The predicted molar refractivity (Wildman–Crippen MR) is 79.9 cm³/mol. The van der Waals surface area contributed by atoms with Gasteiger partial charge in [-0.25, -0.2) is 0 Å². The van der Waals surface area contributed by atoms with Gasteiger partial charge in [-0.3, -0.25) is 0 Å². The van der Waals surface area contributed by atoms with Crippen molar-refractivity contribution in [3.05, 3.63) is 28.8 Å². The van der Waals surface area contributed by atoms with Crippen molar-refractivity contribution in [1.29, 1.82) is 0 Å². The SMILES string of the molecule is CCNC1CCN(c2cc(C(F)(F)F)ccc2Cl)CC1C. The standard InChI is InChI=1S/C15H20ClF3N2/c1-3-20-13-6-7-21(9-10(13)2)14-8-11(15(17,18)19)4-5-12(14)16/h4-5,8,10,13,20H,3,6-7,9H2,1-2H3. The lowest BCUT2D eigenvalue weighted by Crippen LogP contribution is -2.48. The summed E-state index contributed by atoms with van der Waals surface area (Å²) in [5, 5.41) is 3.79. The zero-order valence-corrected chi connectivity index (χ0v) is 12.9. The van der Waals surface area contributed by atoms with Crippen molar-refractivity contribution < 1.29 is 13.2 Å². The summed E-state index contributed by atoms with van der Waals surface area (Å²) in [6.07, 6.45) is -3.44. The molecule has 1 heterocycles. The molecule has 6 heteroatoms. The van der Waals surface area contributed by atoms with Gasteiger partial charge in [-0.1, -0.05) is 25.4 Å². The second kappa shape index (κ2) is 6.44. The quantitative estimate of drug-likeness (QED) is 0.898. The zero-order chi connectivity index (χ0) is 15.6. The average Bonchev–Trinajstić information content (AvgIpc) is 2.40. The molecular weight excluding hydrogens is 301 g/mol. The van der Waals surface area contributed by atoms with Crippen LogP contribution in [0.15, 0.2) is 18.2 Å². The third kappa shape index (κ3) is 3.83. The Morgan fingerprint density at radius 2 is 2.10 bits per heavy atom. The second-order valence-electron chi connectivity index (χ2n) is 5.54. The molecule has 118 valence electrons. The van der Waals surface area contributed by atoms with Crippen molar-refractivity contribution in [3.63, 3.8) is 0 Å². The predicted octanol–water partition coefficient (Wildman–Crippen LogP) is 4.18. The summed E-state index contributed by atoms with van der Waals surface area (Å²) in [4.78, 5) is 1.95. The number of anilines is 1. The van der Waals surface area contributed by atoms with E-state index in [2.05, 4.69) is 19.2 Å². The number of nitrogens with zero attached hydrogens (tertiary/aromatic N) is 1. The minimum absolute atomic E-state index is 0.365. The molecule has 2 unspecified atom stereocenters. The summed E-state index contributed by atoms with van der Waals surface area (Å²) >= 11 is 6.10. The molecule has 2 atom stereocenters. The fraction of sp³-hybridized carbons (Fsp3) is 0.600.